The van der Waals surface area contributed by atoms with E-state index in [2.05, 4.69) is 29.1 Å². The first kappa shape index (κ1) is 18.4. The van der Waals surface area contributed by atoms with Gasteiger partial charge in [-0.05, 0) is 35.7 Å². The highest BCUT2D eigenvalue weighted by Crippen LogP contribution is 2.18. The molecule has 0 aliphatic rings. The summed E-state index contributed by atoms with van der Waals surface area (Å²) in [5, 5.41) is 3.49. The normalized spacial score (nSPS) is 12.8. The van der Waals surface area contributed by atoms with E-state index in [-0.39, 0.29) is 6.04 Å². The molecule has 5 nitrogen and oxygen atoms in total. The number of ether oxygens (including phenoxy) is 1. The Hall–Kier alpha value is -1.89. The Morgan fingerprint density at radius 1 is 1.04 bits per heavy atom. The van der Waals surface area contributed by atoms with Gasteiger partial charge < -0.3 is 10.1 Å². The summed E-state index contributed by atoms with van der Waals surface area (Å²) in [6.45, 7) is 3.42. The van der Waals surface area contributed by atoms with Crippen molar-refractivity contribution in [3.05, 3.63) is 65.2 Å². The van der Waals surface area contributed by atoms with Crippen molar-refractivity contribution in [1.29, 1.82) is 0 Å². The molecule has 2 N–H and O–H groups in total. The smallest absolute Gasteiger partial charge is 0.229 e. The van der Waals surface area contributed by atoms with Gasteiger partial charge in [0, 0.05) is 25.4 Å². The molecular weight excluding hydrogens is 324 g/mol. The minimum absolute atomic E-state index is 0.146. The Balaban J connectivity index is 1.99. The third-order valence-electron chi connectivity index (χ3n) is 3.73. The largest absolute Gasteiger partial charge is 0.380 e. The summed E-state index contributed by atoms with van der Waals surface area (Å²) in [7, 11) is -1.55. The number of hydrogen-bond donors (Lipinski definition) is 2. The SMILES string of the molecule is COCc1ccccc1CNC(C)c1ccc(NS(C)(=O)=O)cc1. The summed E-state index contributed by atoms with van der Waals surface area (Å²) in [5.41, 5.74) is 4.05. The molecule has 0 aromatic heterocycles. The molecular formula is C18H24N2O3S. The minimum Gasteiger partial charge on any atom is -0.380 e. The first-order valence-corrected chi connectivity index (χ1v) is 9.65. The molecule has 0 amide bonds. The summed E-state index contributed by atoms with van der Waals surface area (Å²) >= 11 is 0. The summed E-state index contributed by atoms with van der Waals surface area (Å²) < 4.78 is 30.2. The topological polar surface area (TPSA) is 67.4 Å². The maximum Gasteiger partial charge on any atom is 0.229 e. The van der Waals surface area contributed by atoms with Crippen LogP contribution < -0.4 is 10.0 Å². The van der Waals surface area contributed by atoms with Crippen LogP contribution in [0.4, 0.5) is 5.69 Å². The van der Waals surface area contributed by atoms with Gasteiger partial charge in [0.05, 0.1) is 12.9 Å². The molecule has 0 saturated heterocycles. The van der Waals surface area contributed by atoms with E-state index < -0.39 is 10.0 Å². The molecule has 2 rings (SSSR count). The predicted octanol–water partition coefficient (Wildman–Crippen LogP) is 3.06. The van der Waals surface area contributed by atoms with Gasteiger partial charge in [-0.3, -0.25) is 4.72 Å². The van der Waals surface area contributed by atoms with Crippen LogP contribution in [-0.2, 0) is 27.9 Å². The van der Waals surface area contributed by atoms with Crippen LogP contribution in [0.15, 0.2) is 48.5 Å². The Morgan fingerprint density at radius 3 is 2.25 bits per heavy atom. The van der Waals surface area contributed by atoms with E-state index in [0.29, 0.717) is 12.3 Å². The van der Waals surface area contributed by atoms with Gasteiger partial charge in [0.25, 0.3) is 0 Å². The molecule has 2 aromatic rings. The quantitative estimate of drug-likeness (QED) is 0.769. The highest BCUT2D eigenvalue weighted by molar-refractivity contribution is 7.92. The number of sulfonamides is 1. The van der Waals surface area contributed by atoms with Crippen LogP contribution in [0.5, 0.6) is 0 Å². The highest BCUT2D eigenvalue weighted by atomic mass is 32.2. The molecule has 0 saturated carbocycles. The van der Waals surface area contributed by atoms with Gasteiger partial charge >= 0.3 is 0 Å². The van der Waals surface area contributed by atoms with Gasteiger partial charge in [0.15, 0.2) is 0 Å². The fraction of sp³-hybridized carbons (Fsp3) is 0.333. The molecule has 130 valence electrons. The monoisotopic (exact) mass is 348 g/mol. The number of benzene rings is 2. The van der Waals surface area contributed by atoms with E-state index in [1.165, 1.54) is 11.1 Å². The van der Waals surface area contributed by atoms with Crippen LogP contribution in [0.25, 0.3) is 0 Å². The van der Waals surface area contributed by atoms with Crippen molar-refractivity contribution in [2.75, 3.05) is 18.1 Å². The summed E-state index contributed by atoms with van der Waals surface area (Å²) in [6, 6.07) is 15.7. The molecule has 0 fully saturated rings. The number of methoxy groups -OCH3 is 1. The van der Waals surface area contributed by atoms with Crippen molar-refractivity contribution in [2.45, 2.75) is 26.1 Å². The first-order chi connectivity index (χ1) is 11.4. The van der Waals surface area contributed by atoms with Crippen molar-refractivity contribution in [3.8, 4) is 0 Å². The van der Waals surface area contributed by atoms with Crippen molar-refractivity contribution in [1.82, 2.24) is 5.32 Å². The molecule has 0 bridgehead atoms. The fourth-order valence-corrected chi connectivity index (χ4v) is 3.03. The molecule has 2 aromatic carbocycles. The van der Waals surface area contributed by atoms with E-state index in [1.807, 2.05) is 24.3 Å². The van der Waals surface area contributed by atoms with Crippen molar-refractivity contribution < 1.29 is 13.2 Å². The standard InChI is InChI=1S/C18H24N2O3S/c1-14(15-8-10-18(11-9-15)20-24(3,21)22)19-12-16-6-4-5-7-17(16)13-23-2/h4-11,14,19-20H,12-13H2,1-3H3. The fourth-order valence-electron chi connectivity index (χ4n) is 2.46. The van der Waals surface area contributed by atoms with Gasteiger partial charge in [-0.15, -0.1) is 0 Å². The third-order valence-corrected chi connectivity index (χ3v) is 4.34. The van der Waals surface area contributed by atoms with E-state index >= 15 is 0 Å². The number of hydrogen-bond acceptors (Lipinski definition) is 4. The van der Waals surface area contributed by atoms with E-state index in [9.17, 15) is 8.42 Å². The second-order valence-electron chi connectivity index (χ2n) is 5.80. The van der Waals surface area contributed by atoms with Gasteiger partial charge in [0.2, 0.25) is 10.0 Å². The van der Waals surface area contributed by atoms with Crippen LogP contribution in [0, 0.1) is 0 Å². The van der Waals surface area contributed by atoms with Crippen LogP contribution in [0.3, 0.4) is 0 Å². The van der Waals surface area contributed by atoms with Crippen molar-refractivity contribution >= 4 is 15.7 Å². The van der Waals surface area contributed by atoms with Crippen molar-refractivity contribution in [3.63, 3.8) is 0 Å². The number of anilines is 1. The van der Waals surface area contributed by atoms with Crippen LogP contribution in [-0.4, -0.2) is 21.8 Å². The van der Waals surface area contributed by atoms with Crippen molar-refractivity contribution in [2.24, 2.45) is 0 Å². The lowest BCUT2D eigenvalue weighted by molar-refractivity contribution is 0.184. The Kier molecular flexibility index (Phi) is 6.36. The molecule has 0 heterocycles. The average Bonchev–Trinajstić information content (AvgIpc) is 2.53. The van der Waals surface area contributed by atoms with Gasteiger partial charge in [-0.25, -0.2) is 8.42 Å². The summed E-state index contributed by atoms with van der Waals surface area (Å²) in [4.78, 5) is 0. The van der Waals surface area contributed by atoms with Gasteiger partial charge in [-0.2, -0.15) is 0 Å². The van der Waals surface area contributed by atoms with E-state index in [1.54, 1.807) is 19.2 Å². The number of nitrogens with one attached hydrogen (secondary N) is 2. The molecule has 6 heteroatoms. The molecule has 1 unspecified atom stereocenters. The Labute approximate surface area is 144 Å². The second kappa shape index (κ2) is 8.28. The molecule has 0 aliphatic carbocycles. The first-order valence-electron chi connectivity index (χ1n) is 7.76. The number of rotatable bonds is 8. The molecule has 24 heavy (non-hydrogen) atoms. The Morgan fingerprint density at radius 2 is 1.67 bits per heavy atom. The molecule has 0 aliphatic heterocycles. The van der Waals surface area contributed by atoms with Crippen LogP contribution >= 0.6 is 0 Å². The molecule has 0 radical (unpaired) electrons. The highest BCUT2D eigenvalue weighted by Gasteiger charge is 2.08. The maximum absolute atomic E-state index is 11.2. The third kappa shape index (κ3) is 5.63. The minimum atomic E-state index is -3.24. The molecule has 1 atom stereocenters. The zero-order valence-electron chi connectivity index (χ0n) is 14.2. The van der Waals surface area contributed by atoms with E-state index in [4.69, 9.17) is 4.74 Å². The predicted molar refractivity (Wildman–Crippen MR) is 97.3 cm³/mol. The lowest BCUT2D eigenvalue weighted by atomic mass is 10.1. The zero-order chi connectivity index (χ0) is 17.6. The Bertz CT molecular complexity index is 758. The van der Waals surface area contributed by atoms with E-state index in [0.717, 1.165) is 18.4 Å². The maximum atomic E-state index is 11.2. The van der Waals surface area contributed by atoms with Gasteiger partial charge in [0.1, 0.15) is 0 Å². The van der Waals surface area contributed by atoms with Crippen LogP contribution in [0.1, 0.15) is 29.7 Å². The average molecular weight is 348 g/mol. The van der Waals surface area contributed by atoms with Crippen LogP contribution in [0.2, 0.25) is 0 Å². The second-order valence-corrected chi connectivity index (χ2v) is 7.55. The lowest BCUT2D eigenvalue weighted by Gasteiger charge is -2.16. The summed E-state index contributed by atoms with van der Waals surface area (Å²) in [6.07, 6.45) is 1.14. The molecule has 0 spiro atoms. The van der Waals surface area contributed by atoms with Gasteiger partial charge in [-0.1, -0.05) is 36.4 Å². The zero-order valence-corrected chi connectivity index (χ0v) is 15.1. The summed E-state index contributed by atoms with van der Waals surface area (Å²) in [5.74, 6) is 0. The lowest BCUT2D eigenvalue weighted by Crippen LogP contribution is -2.19.